The molecule has 1 aromatic heterocycles. The number of hydrogen-bond donors (Lipinski definition) is 2. The lowest BCUT2D eigenvalue weighted by atomic mass is 10.1. The number of nitrogens with two attached hydrogens (primary N) is 1. The van der Waals surface area contributed by atoms with Gasteiger partial charge in [-0.1, -0.05) is 6.92 Å². The fraction of sp³-hybridized carbons (Fsp3) is 0.625. The van der Waals surface area contributed by atoms with Crippen molar-refractivity contribution in [2.75, 3.05) is 18.0 Å². The maximum atomic E-state index is 7.31. The first-order valence-corrected chi connectivity index (χ1v) is 5.28. The van der Waals surface area contributed by atoms with E-state index in [0.717, 1.165) is 18.2 Å². The molecule has 78 valence electrons. The standard InChI is InChI=1S/C8H15N5S/c1-3-13(4-6(2)7(9)10)8-11-5-12-14-8/h5-6H,3-4H2,1-2H3,(H3,9,10). The van der Waals surface area contributed by atoms with Gasteiger partial charge in [-0.2, -0.15) is 4.37 Å². The number of anilines is 1. The minimum atomic E-state index is 0.0545. The van der Waals surface area contributed by atoms with Gasteiger partial charge in [0.05, 0.1) is 5.84 Å². The molecule has 5 nitrogen and oxygen atoms in total. The highest BCUT2D eigenvalue weighted by molar-refractivity contribution is 7.09. The minimum Gasteiger partial charge on any atom is -0.387 e. The summed E-state index contributed by atoms with van der Waals surface area (Å²) in [5, 5.41) is 8.20. The van der Waals surface area contributed by atoms with Crippen molar-refractivity contribution in [3.05, 3.63) is 6.33 Å². The molecule has 1 atom stereocenters. The van der Waals surface area contributed by atoms with Crippen molar-refractivity contribution in [2.45, 2.75) is 13.8 Å². The molecule has 14 heavy (non-hydrogen) atoms. The molecule has 0 fully saturated rings. The lowest BCUT2D eigenvalue weighted by molar-refractivity contribution is 0.695. The lowest BCUT2D eigenvalue weighted by Crippen LogP contribution is -2.34. The van der Waals surface area contributed by atoms with Gasteiger partial charge in [-0.25, -0.2) is 4.98 Å². The van der Waals surface area contributed by atoms with Gasteiger partial charge in [0.1, 0.15) is 6.33 Å². The van der Waals surface area contributed by atoms with Crippen molar-refractivity contribution in [3.8, 4) is 0 Å². The van der Waals surface area contributed by atoms with E-state index in [1.165, 1.54) is 11.5 Å². The molecule has 1 heterocycles. The van der Waals surface area contributed by atoms with E-state index in [1.807, 2.05) is 13.8 Å². The third-order valence-corrected chi connectivity index (χ3v) is 2.75. The maximum Gasteiger partial charge on any atom is 0.204 e. The molecule has 1 rings (SSSR count). The molecule has 3 N–H and O–H groups in total. The van der Waals surface area contributed by atoms with Crippen molar-refractivity contribution in [1.82, 2.24) is 9.36 Å². The predicted octanol–water partition coefficient (Wildman–Crippen LogP) is 0.936. The van der Waals surface area contributed by atoms with Gasteiger partial charge in [0, 0.05) is 30.5 Å². The van der Waals surface area contributed by atoms with Crippen LogP contribution in [0.2, 0.25) is 0 Å². The molecule has 0 saturated heterocycles. The number of rotatable bonds is 5. The van der Waals surface area contributed by atoms with Crippen LogP contribution in [0.5, 0.6) is 0 Å². The van der Waals surface area contributed by atoms with Gasteiger partial charge in [0.2, 0.25) is 5.13 Å². The Kier molecular flexibility index (Phi) is 3.82. The Bertz CT molecular complexity index is 284. The van der Waals surface area contributed by atoms with E-state index < -0.39 is 0 Å². The first-order valence-electron chi connectivity index (χ1n) is 4.50. The highest BCUT2D eigenvalue weighted by Gasteiger charge is 2.13. The maximum absolute atomic E-state index is 7.31. The highest BCUT2D eigenvalue weighted by Crippen LogP contribution is 2.15. The Morgan fingerprint density at radius 3 is 2.93 bits per heavy atom. The number of hydrogen-bond acceptors (Lipinski definition) is 5. The summed E-state index contributed by atoms with van der Waals surface area (Å²) in [4.78, 5) is 6.19. The summed E-state index contributed by atoms with van der Waals surface area (Å²) in [7, 11) is 0. The molecule has 6 heteroatoms. The van der Waals surface area contributed by atoms with Crippen LogP contribution in [0.4, 0.5) is 5.13 Å². The Labute approximate surface area is 87.6 Å². The SMILES string of the molecule is CCN(CC(C)C(=N)N)c1ncns1. The summed E-state index contributed by atoms with van der Waals surface area (Å²) in [6, 6.07) is 0. The third-order valence-electron chi connectivity index (χ3n) is 2.03. The number of amidine groups is 1. The van der Waals surface area contributed by atoms with Crippen molar-refractivity contribution >= 4 is 22.5 Å². The number of nitrogens with one attached hydrogen (secondary N) is 1. The zero-order valence-corrected chi connectivity index (χ0v) is 9.21. The molecule has 0 spiro atoms. The minimum absolute atomic E-state index is 0.0545. The Balaban J connectivity index is 2.60. The molecule has 0 aromatic carbocycles. The first kappa shape index (κ1) is 10.9. The zero-order chi connectivity index (χ0) is 10.6. The molecule has 1 aromatic rings. The molecule has 0 saturated carbocycles. The molecule has 0 aliphatic rings. The average molecular weight is 213 g/mol. The van der Waals surface area contributed by atoms with Gasteiger partial charge in [-0.3, -0.25) is 5.41 Å². The second-order valence-electron chi connectivity index (χ2n) is 3.12. The third kappa shape index (κ3) is 2.66. The van der Waals surface area contributed by atoms with Crippen LogP contribution in [0.1, 0.15) is 13.8 Å². The van der Waals surface area contributed by atoms with Crippen LogP contribution in [0.3, 0.4) is 0 Å². The Hall–Kier alpha value is -1.17. The first-order chi connectivity index (χ1) is 6.65. The number of nitrogens with zero attached hydrogens (tertiary/aromatic N) is 3. The monoisotopic (exact) mass is 213 g/mol. The van der Waals surface area contributed by atoms with E-state index in [9.17, 15) is 0 Å². The van der Waals surface area contributed by atoms with Crippen molar-refractivity contribution in [2.24, 2.45) is 11.7 Å². The highest BCUT2D eigenvalue weighted by atomic mass is 32.1. The van der Waals surface area contributed by atoms with E-state index in [1.54, 1.807) is 6.33 Å². The summed E-state index contributed by atoms with van der Waals surface area (Å²) < 4.78 is 3.95. The molecule has 0 amide bonds. The molecule has 0 bridgehead atoms. The average Bonchev–Trinajstić information content (AvgIpc) is 2.66. The van der Waals surface area contributed by atoms with Gasteiger partial charge in [0.25, 0.3) is 0 Å². The predicted molar refractivity (Wildman–Crippen MR) is 58.9 cm³/mol. The molecule has 0 aliphatic heterocycles. The topological polar surface area (TPSA) is 78.9 Å². The molecule has 1 unspecified atom stereocenters. The summed E-state index contributed by atoms with van der Waals surface area (Å²) >= 11 is 1.36. The van der Waals surface area contributed by atoms with Gasteiger partial charge in [-0.05, 0) is 6.92 Å². The number of aromatic nitrogens is 2. The van der Waals surface area contributed by atoms with E-state index in [0.29, 0.717) is 0 Å². The second-order valence-corrected chi connectivity index (χ2v) is 3.88. The smallest absolute Gasteiger partial charge is 0.204 e. The quantitative estimate of drug-likeness (QED) is 0.563. The van der Waals surface area contributed by atoms with E-state index in [-0.39, 0.29) is 11.8 Å². The fourth-order valence-electron chi connectivity index (χ4n) is 1.08. The summed E-state index contributed by atoms with van der Waals surface area (Å²) in [5.74, 6) is 0.270. The summed E-state index contributed by atoms with van der Waals surface area (Å²) in [6.45, 7) is 5.56. The van der Waals surface area contributed by atoms with Gasteiger partial charge >= 0.3 is 0 Å². The normalized spacial score (nSPS) is 12.4. The summed E-state index contributed by atoms with van der Waals surface area (Å²) in [6.07, 6.45) is 1.54. The molecular weight excluding hydrogens is 198 g/mol. The van der Waals surface area contributed by atoms with Crippen LogP contribution in [0.25, 0.3) is 0 Å². The van der Waals surface area contributed by atoms with Crippen molar-refractivity contribution < 1.29 is 0 Å². The molecule has 0 aliphatic carbocycles. The largest absolute Gasteiger partial charge is 0.387 e. The Morgan fingerprint density at radius 2 is 2.50 bits per heavy atom. The van der Waals surface area contributed by atoms with Crippen LogP contribution >= 0.6 is 11.5 Å². The van der Waals surface area contributed by atoms with Crippen LogP contribution in [-0.4, -0.2) is 28.3 Å². The van der Waals surface area contributed by atoms with E-state index in [4.69, 9.17) is 11.1 Å². The van der Waals surface area contributed by atoms with Gasteiger partial charge in [-0.15, -0.1) is 0 Å². The van der Waals surface area contributed by atoms with E-state index >= 15 is 0 Å². The van der Waals surface area contributed by atoms with Gasteiger partial charge < -0.3 is 10.6 Å². The summed E-state index contributed by atoms with van der Waals surface area (Å²) in [5.41, 5.74) is 5.42. The van der Waals surface area contributed by atoms with Crippen molar-refractivity contribution in [1.29, 1.82) is 5.41 Å². The van der Waals surface area contributed by atoms with Crippen LogP contribution in [0.15, 0.2) is 6.33 Å². The van der Waals surface area contributed by atoms with Crippen LogP contribution in [-0.2, 0) is 0 Å². The Morgan fingerprint density at radius 1 is 1.79 bits per heavy atom. The molecule has 0 radical (unpaired) electrons. The second kappa shape index (κ2) is 4.90. The van der Waals surface area contributed by atoms with Crippen LogP contribution in [0, 0.1) is 11.3 Å². The lowest BCUT2D eigenvalue weighted by Gasteiger charge is -2.22. The van der Waals surface area contributed by atoms with E-state index in [2.05, 4.69) is 14.3 Å². The van der Waals surface area contributed by atoms with Crippen molar-refractivity contribution in [3.63, 3.8) is 0 Å². The van der Waals surface area contributed by atoms with Gasteiger partial charge in [0.15, 0.2) is 0 Å². The molecular formula is C8H15N5S. The fourth-order valence-corrected chi connectivity index (χ4v) is 1.68. The zero-order valence-electron chi connectivity index (χ0n) is 8.40. The van der Waals surface area contributed by atoms with Crippen LogP contribution < -0.4 is 10.6 Å².